The molecule has 0 saturated carbocycles. The van der Waals surface area contributed by atoms with Crippen LogP contribution in [0.3, 0.4) is 0 Å². The average molecular weight is 534 g/mol. The van der Waals surface area contributed by atoms with Gasteiger partial charge in [-0.25, -0.2) is 0 Å². The van der Waals surface area contributed by atoms with Gasteiger partial charge < -0.3 is 10.6 Å². The monoisotopic (exact) mass is 532 g/mol. The molecule has 2 N–H and O–H groups in total. The molecule has 0 fully saturated rings. The highest BCUT2D eigenvalue weighted by molar-refractivity contribution is 8.70. The van der Waals surface area contributed by atoms with Crippen LogP contribution in [0.4, 0.5) is 0 Å². The first-order chi connectivity index (χ1) is 15.8. The van der Waals surface area contributed by atoms with E-state index in [4.69, 9.17) is 27.4 Å². The molecule has 0 aliphatic rings. The van der Waals surface area contributed by atoms with Crippen molar-refractivity contribution in [1.82, 2.24) is 10.6 Å². The number of halogens is 2. The lowest BCUT2D eigenvalue weighted by molar-refractivity contribution is 0.323. The van der Waals surface area contributed by atoms with Gasteiger partial charge in [0.2, 0.25) is 0 Å². The predicted molar refractivity (Wildman–Crippen MR) is 142 cm³/mol. The normalized spacial score (nSPS) is 13.7. The fourth-order valence-electron chi connectivity index (χ4n) is 3.48. The molecule has 0 aliphatic heterocycles. The zero-order valence-corrected chi connectivity index (χ0v) is 22.4. The van der Waals surface area contributed by atoms with Gasteiger partial charge in [0, 0.05) is 42.0 Å². The fourth-order valence-corrected chi connectivity index (χ4v) is 5.79. The van der Waals surface area contributed by atoms with Gasteiger partial charge in [0.25, 0.3) is 0 Å². The minimum Gasteiger partial charge on any atom is -0.315 e. The Morgan fingerprint density at radius 1 is 0.818 bits per heavy atom. The standard InChI is InChI=1S/C24H34Cl2N2O3S2/c1-3-19(21-5-9-23(25)10-6-21)17-27-13-15-31-33(29,30)32-16-14-28-18-20(4-2)22-7-11-24(26)12-8-22/h5-12,19-20,27-28H,3-4,13-18H2,1-2H3/t19-,20-/m1/s1. The maximum Gasteiger partial charge on any atom is 0.322 e. The summed E-state index contributed by atoms with van der Waals surface area (Å²) >= 11 is 11.9. The smallest absolute Gasteiger partial charge is 0.315 e. The minimum atomic E-state index is -3.60. The van der Waals surface area contributed by atoms with Crippen LogP contribution in [-0.4, -0.2) is 47.0 Å². The zero-order valence-electron chi connectivity index (χ0n) is 19.2. The summed E-state index contributed by atoms with van der Waals surface area (Å²) in [6.07, 6.45) is 1.97. The Kier molecular flexibility index (Phi) is 13.1. The van der Waals surface area contributed by atoms with E-state index in [1.54, 1.807) is 0 Å². The SMILES string of the molecule is CC[C@H](CNCCOS(=O)(=O)SCCNC[C@@H](CC)c1ccc(Cl)cc1)c1ccc(Cl)cc1. The Hall–Kier alpha value is -0.800. The lowest BCUT2D eigenvalue weighted by Crippen LogP contribution is -2.26. The third kappa shape index (κ3) is 11.0. The van der Waals surface area contributed by atoms with Crippen molar-refractivity contribution in [3.63, 3.8) is 0 Å². The molecule has 0 spiro atoms. The lowest BCUT2D eigenvalue weighted by atomic mass is 9.96. The van der Waals surface area contributed by atoms with Crippen molar-refractivity contribution in [2.24, 2.45) is 0 Å². The highest BCUT2D eigenvalue weighted by Crippen LogP contribution is 2.22. The molecule has 2 atom stereocenters. The Balaban J connectivity index is 1.59. The predicted octanol–water partition coefficient (Wildman–Crippen LogP) is 5.85. The van der Waals surface area contributed by atoms with Crippen LogP contribution in [0.25, 0.3) is 0 Å². The molecule has 0 bridgehead atoms. The second-order valence-corrected chi connectivity index (χ2v) is 12.3. The molecule has 33 heavy (non-hydrogen) atoms. The van der Waals surface area contributed by atoms with E-state index >= 15 is 0 Å². The van der Waals surface area contributed by atoms with E-state index in [-0.39, 0.29) is 6.61 Å². The molecule has 9 heteroatoms. The average Bonchev–Trinajstić information content (AvgIpc) is 2.80. The first kappa shape index (κ1) is 28.4. The van der Waals surface area contributed by atoms with Crippen LogP contribution in [-0.2, 0) is 13.3 Å². The molecule has 0 heterocycles. The van der Waals surface area contributed by atoms with Gasteiger partial charge in [0.1, 0.15) is 0 Å². The van der Waals surface area contributed by atoms with Crippen LogP contribution in [0, 0.1) is 0 Å². The first-order valence-electron chi connectivity index (χ1n) is 11.3. The van der Waals surface area contributed by atoms with E-state index in [0.29, 0.717) is 30.7 Å². The third-order valence-corrected chi connectivity index (χ3v) is 8.74. The Morgan fingerprint density at radius 2 is 1.27 bits per heavy atom. The molecular weight excluding hydrogens is 499 g/mol. The Bertz CT molecular complexity index is 841. The number of hydrogen-bond acceptors (Lipinski definition) is 6. The molecule has 0 unspecified atom stereocenters. The summed E-state index contributed by atoms with van der Waals surface area (Å²) in [5, 5.41) is 8.07. The highest BCUT2D eigenvalue weighted by atomic mass is 35.5. The minimum absolute atomic E-state index is 0.119. The quantitative estimate of drug-likeness (QED) is 0.208. The lowest BCUT2D eigenvalue weighted by Gasteiger charge is -2.17. The molecule has 0 saturated heterocycles. The first-order valence-corrected chi connectivity index (χ1v) is 15.0. The second-order valence-electron chi connectivity index (χ2n) is 7.77. The molecule has 0 aliphatic carbocycles. The Labute approximate surface area is 212 Å². The summed E-state index contributed by atoms with van der Waals surface area (Å²) in [6, 6.07) is 15.7. The second kappa shape index (κ2) is 15.2. The van der Waals surface area contributed by atoms with Gasteiger partial charge in [-0.3, -0.25) is 4.18 Å². The molecule has 2 rings (SSSR count). The van der Waals surface area contributed by atoms with Crippen LogP contribution in [0.15, 0.2) is 48.5 Å². The van der Waals surface area contributed by atoms with E-state index in [2.05, 4.69) is 24.5 Å². The summed E-state index contributed by atoms with van der Waals surface area (Å²) in [4.78, 5) is 0. The van der Waals surface area contributed by atoms with E-state index in [9.17, 15) is 8.42 Å². The molecular formula is C24H34Cl2N2O3S2. The molecule has 0 aromatic heterocycles. The van der Waals surface area contributed by atoms with Gasteiger partial charge >= 0.3 is 9.15 Å². The van der Waals surface area contributed by atoms with Crippen LogP contribution in [0.1, 0.15) is 49.7 Å². The molecule has 2 aromatic carbocycles. The zero-order chi connectivity index (χ0) is 24.1. The molecule has 0 amide bonds. The van der Waals surface area contributed by atoms with Gasteiger partial charge in [-0.05, 0) is 70.9 Å². The van der Waals surface area contributed by atoms with Crippen molar-refractivity contribution in [2.75, 3.05) is 38.5 Å². The number of benzene rings is 2. The van der Waals surface area contributed by atoms with Crippen LogP contribution >= 0.6 is 34.0 Å². The van der Waals surface area contributed by atoms with Crippen LogP contribution in [0.5, 0.6) is 0 Å². The summed E-state index contributed by atoms with van der Waals surface area (Å²) in [6.45, 7) is 7.00. The van der Waals surface area contributed by atoms with Crippen molar-refractivity contribution in [2.45, 2.75) is 38.5 Å². The number of nitrogens with one attached hydrogen (secondary N) is 2. The maximum atomic E-state index is 12.1. The summed E-state index contributed by atoms with van der Waals surface area (Å²) in [5.74, 6) is 1.14. The van der Waals surface area contributed by atoms with E-state index in [0.717, 1.165) is 46.8 Å². The van der Waals surface area contributed by atoms with Gasteiger partial charge in [-0.15, -0.1) is 0 Å². The van der Waals surface area contributed by atoms with Crippen LogP contribution in [0.2, 0.25) is 10.0 Å². The molecule has 5 nitrogen and oxygen atoms in total. The van der Waals surface area contributed by atoms with Gasteiger partial charge in [0.15, 0.2) is 0 Å². The molecule has 184 valence electrons. The van der Waals surface area contributed by atoms with Gasteiger partial charge in [-0.2, -0.15) is 8.42 Å². The maximum absolute atomic E-state index is 12.1. The summed E-state index contributed by atoms with van der Waals surface area (Å²) in [7, 11) is -2.77. The fraction of sp³-hybridized carbons (Fsp3) is 0.500. The summed E-state index contributed by atoms with van der Waals surface area (Å²) in [5.41, 5.74) is 2.44. The van der Waals surface area contributed by atoms with E-state index in [1.165, 1.54) is 11.1 Å². The molecule has 2 aromatic rings. The highest BCUT2D eigenvalue weighted by Gasteiger charge is 2.14. The Morgan fingerprint density at radius 3 is 1.73 bits per heavy atom. The third-order valence-electron chi connectivity index (χ3n) is 5.46. The molecule has 0 radical (unpaired) electrons. The largest absolute Gasteiger partial charge is 0.322 e. The van der Waals surface area contributed by atoms with Crippen molar-refractivity contribution in [3.8, 4) is 0 Å². The number of rotatable bonds is 16. The van der Waals surface area contributed by atoms with Gasteiger partial charge in [-0.1, -0.05) is 61.3 Å². The van der Waals surface area contributed by atoms with Crippen LogP contribution < -0.4 is 10.6 Å². The van der Waals surface area contributed by atoms with Crippen molar-refractivity contribution < 1.29 is 12.6 Å². The van der Waals surface area contributed by atoms with Gasteiger partial charge in [0.05, 0.1) is 6.61 Å². The number of hydrogen-bond donors (Lipinski definition) is 2. The van der Waals surface area contributed by atoms with Crippen molar-refractivity contribution in [3.05, 3.63) is 69.7 Å². The topological polar surface area (TPSA) is 67.4 Å². The van der Waals surface area contributed by atoms with E-state index in [1.807, 2.05) is 48.5 Å². The summed E-state index contributed by atoms with van der Waals surface area (Å²) < 4.78 is 29.3. The van der Waals surface area contributed by atoms with E-state index < -0.39 is 9.15 Å². The van der Waals surface area contributed by atoms with Crippen molar-refractivity contribution in [1.29, 1.82) is 0 Å². The van der Waals surface area contributed by atoms with Crippen molar-refractivity contribution >= 4 is 43.1 Å².